The Labute approximate surface area is 122 Å². The van der Waals surface area contributed by atoms with Gasteiger partial charge in [0.2, 0.25) is 0 Å². The van der Waals surface area contributed by atoms with Crippen LogP contribution in [0.4, 0.5) is 0 Å². The van der Waals surface area contributed by atoms with E-state index in [1.54, 1.807) is 13.8 Å². The van der Waals surface area contributed by atoms with E-state index in [1.807, 2.05) is 37.3 Å². The zero-order valence-corrected chi connectivity index (χ0v) is 12.3. The average Bonchev–Trinajstić information content (AvgIpc) is 2.44. The Balaban J connectivity index is 2.58. The molecule has 5 heteroatoms. The Hall–Kier alpha value is -2.43. The predicted octanol–water partition coefficient (Wildman–Crippen LogP) is 2.11. The third-order valence-corrected chi connectivity index (χ3v) is 3.61. The molecule has 2 aromatic rings. The molecule has 0 amide bonds. The number of hydrogen-bond acceptors (Lipinski definition) is 3. The highest BCUT2D eigenvalue weighted by Gasteiger charge is 2.18. The van der Waals surface area contributed by atoms with E-state index in [0.29, 0.717) is 12.1 Å². The Bertz CT molecular complexity index is 720. The minimum Gasteiger partial charge on any atom is -0.481 e. The summed E-state index contributed by atoms with van der Waals surface area (Å²) in [5.74, 6) is -1.38. The zero-order valence-electron chi connectivity index (χ0n) is 12.3. The Kier molecular flexibility index (Phi) is 4.21. The van der Waals surface area contributed by atoms with Crippen LogP contribution in [0.15, 0.2) is 35.1 Å². The molecule has 1 aromatic heterocycles. The summed E-state index contributed by atoms with van der Waals surface area (Å²) in [4.78, 5) is 27.3. The Morgan fingerprint density at radius 1 is 1.29 bits per heavy atom. The molecular weight excluding hydrogens is 268 g/mol. The molecule has 1 atom stereocenters. The van der Waals surface area contributed by atoms with E-state index >= 15 is 0 Å². The van der Waals surface area contributed by atoms with E-state index in [4.69, 9.17) is 5.11 Å². The zero-order chi connectivity index (χ0) is 15.6. The van der Waals surface area contributed by atoms with E-state index in [2.05, 4.69) is 4.98 Å². The number of para-hydroxylation sites is 1. The van der Waals surface area contributed by atoms with Crippen molar-refractivity contribution >= 4 is 5.97 Å². The topological polar surface area (TPSA) is 72.2 Å². The van der Waals surface area contributed by atoms with Gasteiger partial charge in [0.1, 0.15) is 0 Å². The molecule has 5 nitrogen and oxygen atoms in total. The lowest BCUT2D eigenvalue weighted by atomic mass is 9.98. The van der Waals surface area contributed by atoms with Crippen LogP contribution in [0, 0.1) is 19.8 Å². The number of carboxylic acids is 1. The quantitative estimate of drug-likeness (QED) is 0.934. The van der Waals surface area contributed by atoms with Gasteiger partial charge in [-0.25, -0.2) is 4.79 Å². The van der Waals surface area contributed by atoms with Gasteiger partial charge in [0, 0.05) is 11.4 Å². The van der Waals surface area contributed by atoms with Crippen LogP contribution in [0.3, 0.4) is 0 Å². The molecule has 0 aliphatic rings. The van der Waals surface area contributed by atoms with Crippen LogP contribution in [0.2, 0.25) is 0 Å². The molecule has 21 heavy (non-hydrogen) atoms. The van der Waals surface area contributed by atoms with Crippen molar-refractivity contribution in [2.75, 3.05) is 0 Å². The van der Waals surface area contributed by atoms with Crippen molar-refractivity contribution in [1.29, 1.82) is 0 Å². The second-order valence-corrected chi connectivity index (χ2v) is 5.16. The normalized spacial score (nSPS) is 12.1. The molecule has 0 radical (unpaired) electrons. The maximum Gasteiger partial charge on any atom is 0.352 e. The molecule has 1 N–H and O–H groups in total. The fourth-order valence-electron chi connectivity index (χ4n) is 2.37. The van der Waals surface area contributed by atoms with Crippen molar-refractivity contribution in [2.45, 2.75) is 27.2 Å². The lowest BCUT2D eigenvalue weighted by Gasteiger charge is -2.17. The number of carboxylic acid groups (broad SMARTS) is 1. The lowest BCUT2D eigenvalue weighted by molar-refractivity contribution is -0.141. The summed E-state index contributed by atoms with van der Waals surface area (Å²) < 4.78 is 1.52. The molecule has 0 saturated heterocycles. The highest BCUT2D eigenvalue weighted by atomic mass is 16.4. The van der Waals surface area contributed by atoms with Gasteiger partial charge in [-0.1, -0.05) is 25.1 Å². The molecule has 2 rings (SSSR count). The standard InChI is InChI=1S/C16H18N2O3/c1-10(15(19)20)9-14-11(2)17-16(21)18(12(14)3)13-7-5-4-6-8-13/h4-8,10H,9H2,1-3H3,(H,19,20). The summed E-state index contributed by atoms with van der Waals surface area (Å²) in [6.07, 6.45) is 0.354. The van der Waals surface area contributed by atoms with Crippen molar-refractivity contribution in [2.24, 2.45) is 5.92 Å². The van der Waals surface area contributed by atoms with Gasteiger partial charge in [0.05, 0.1) is 11.6 Å². The highest BCUT2D eigenvalue weighted by Crippen LogP contribution is 2.18. The summed E-state index contributed by atoms with van der Waals surface area (Å²) in [6, 6.07) is 9.23. The molecule has 110 valence electrons. The van der Waals surface area contributed by atoms with Crippen LogP contribution < -0.4 is 5.69 Å². The SMILES string of the molecule is Cc1nc(=O)n(-c2ccccc2)c(C)c1CC(C)C(=O)O. The molecule has 0 fully saturated rings. The van der Waals surface area contributed by atoms with Crippen LogP contribution in [-0.4, -0.2) is 20.6 Å². The number of nitrogens with zero attached hydrogens (tertiary/aromatic N) is 2. The second-order valence-electron chi connectivity index (χ2n) is 5.16. The Morgan fingerprint density at radius 2 is 1.90 bits per heavy atom. The van der Waals surface area contributed by atoms with Gasteiger partial charge in [-0.3, -0.25) is 9.36 Å². The van der Waals surface area contributed by atoms with Gasteiger partial charge in [-0.15, -0.1) is 0 Å². The summed E-state index contributed by atoms with van der Waals surface area (Å²) in [5.41, 5.74) is 2.54. The number of rotatable bonds is 4. The van der Waals surface area contributed by atoms with Gasteiger partial charge >= 0.3 is 11.7 Å². The summed E-state index contributed by atoms with van der Waals surface area (Å²) in [6.45, 7) is 5.22. The Morgan fingerprint density at radius 3 is 2.48 bits per heavy atom. The van der Waals surface area contributed by atoms with Crippen molar-refractivity contribution in [3.63, 3.8) is 0 Å². The average molecular weight is 286 g/mol. The maximum absolute atomic E-state index is 12.2. The first kappa shape index (κ1) is 15.0. The van der Waals surface area contributed by atoms with Gasteiger partial charge in [-0.2, -0.15) is 4.98 Å². The van der Waals surface area contributed by atoms with Gasteiger partial charge in [0.25, 0.3) is 0 Å². The first-order chi connectivity index (χ1) is 9.91. The number of benzene rings is 1. The van der Waals surface area contributed by atoms with E-state index in [0.717, 1.165) is 16.9 Å². The van der Waals surface area contributed by atoms with E-state index in [1.165, 1.54) is 4.57 Å². The third-order valence-electron chi connectivity index (χ3n) is 3.61. The van der Waals surface area contributed by atoms with Crippen LogP contribution in [0.25, 0.3) is 5.69 Å². The van der Waals surface area contributed by atoms with Gasteiger partial charge < -0.3 is 5.11 Å². The largest absolute Gasteiger partial charge is 0.481 e. The molecule has 0 saturated carbocycles. The first-order valence-electron chi connectivity index (χ1n) is 6.79. The van der Waals surface area contributed by atoms with Crippen LogP contribution in [0.1, 0.15) is 23.9 Å². The monoisotopic (exact) mass is 286 g/mol. The van der Waals surface area contributed by atoms with Crippen molar-refractivity contribution < 1.29 is 9.90 Å². The molecule has 0 spiro atoms. The molecule has 0 aliphatic carbocycles. The molecule has 1 aromatic carbocycles. The van der Waals surface area contributed by atoms with E-state index in [-0.39, 0.29) is 5.69 Å². The smallest absolute Gasteiger partial charge is 0.352 e. The first-order valence-corrected chi connectivity index (χ1v) is 6.79. The third kappa shape index (κ3) is 3.02. The summed E-state index contributed by atoms with van der Waals surface area (Å²) in [7, 11) is 0. The van der Waals surface area contributed by atoms with Crippen molar-refractivity contribution in [3.8, 4) is 5.69 Å². The van der Waals surface area contributed by atoms with Crippen LogP contribution in [-0.2, 0) is 11.2 Å². The van der Waals surface area contributed by atoms with Crippen molar-refractivity contribution in [3.05, 3.63) is 57.8 Å². The molecule has 0 bridgehead atoms. The fourth-order valence-corrected chi connectivity index (χ4v) is 2.37. The summed E-state index contributed by atoms with van der Waals surface area (Å²) in [5, 5.41) is 9.08. The number of carbonyl (C=O) groups is 1. The van der Waals surface area contributed by atoms with Gasteiger partial charge in [0.15, 0.2) is 0 Å². The molecule has 1 heterocycles. The molecule has 0 aliphatic heterocycles. The van der Waals surface area contributed by atoms with Crippen LogP contribution in [0.5, 0.6) is 0 Å². The maximum atomic E-state index is 12.2. The number of aromatic nitrogens is 2. The summed E-state index contributed by atoms with van der Waals surface area (Å²) >= 11 is 0. The van der Waals surface area contributed by atoms with E-state index < -0.39 is 11.9 Å². The second kappa shape index (κ2) is 5.91. The van der Waals surface area contributed by atoms with E-state index in [9.17, 15) is 9.59 Å². The predicted molar refractivity (Wildman–Crippen MR) is 79.8 cm³/mol. The molecule has 1 unspecified atom stereocenters. The van der Waals surface area contributed by atoms with Gasteiger partial charge in [-0.05, 0) is 38.0 Å². The van der Waals surface area contributed by atoms with Crippen molar-refractivity contribution in [1.82, 2.24) is 9.55 Å². The number of aryl methyl sites for hydroxylation is 1. The number of aliphatic carboxylic acids is 1. The lowest BCUT2D eigenvalue weighted by Crippen LogP contribution is -2.27. The minimum absolute atomic E-state index is 0.345. The molecular formula is C16H18N2O3. The fraction of sp³-hybridized carbons (Fsp3) is 0.312. The highest BCUT2D eigenvalue weighted by molar-refractivity contribution is 5.70. The van der Waals surface area contributed by atoms with Crippen LogP contribution >= 0.6 is 0 Å². The minimum atomic E-state index is -0.855. The number of hydrogen-bond donors (Lipinski definition) is 1.